The van der Waals surface area contributed by atoms with E-state index < -0.39 is 11.6 Å². The lowest BCUT2D eigenvalue weighted by Gasteiger charge is -2.17. The molecule has 3 nitrogen and oxygen atoms in total. The molecule has 1 fully saturated rings. The van der Waals surface area contributed by atoms with Crippen molar-refractivity contribution < 1.29 is 13.6 Å². The van der Waals surface area contributed by atoms with Crippen LogP contribution in [0.15, 0.2) is 16.6 Å². The standard InChI is InChI=1S/C11H11BrF2N2O/c12-7-2-10(9(14)3-8(7)13)16-5-6(4-15)1-11(16)17/h2-3,6H,1,4-5,15H2. The number of rotatable bonds is 2. The molecule has 1 atom stereocenters. The second-order valence-corrected chi connectivity index (χ2v) is 4.88. The van der Waals surface area contributed by atoms with Crippen LogP contribution in [0.2, 0.25) is 0 Å². The Balaban J connectivity index is 2.35. The van der Waals surface area contributed by atoms with Gasteiger partial charge in [0.1, 0.15) is 11.6 Å². The molecule has 1 aromatic rings. The fourth-order valence-electron chi connectivity index (χ4n) is 1.89. The molecule has 0 bridgehead atoms. The molecule has 0 aliphatic carbocycles. The quantitative estimate of drug-likeness (QED) is 0.850. The number of hydrogen-bond acceptors (Lipinski definition) is 2. The number of carbonyl (C=O) groups excluding carboxylic acids is 1. The molecule has 1 saturated heterocycles. The van der Waals surface area contributed by atoms with Gasteiger partial charge in [0.05, 0.1) is 10.2 Å². The van der Waals surface area contributed by atoms with Crippen molar-refractivity contribution in [2.45, 2.75) is 6.42 Å². The molecule has 1 aliphatic heterocycles. The summed E-state index contributed by atoms with van der Waals surface area (Å²) < 4.78 is 26.8. The predicted molar refractivity (Wildman–Crippen MR) is 63.6 cm³/mol. The lowest BCUT2D eigenvalue weighted by molar-refractivity contribution is -0.117. The summed E-state index contributed by atoms with van der Waals surface area (Å²) in [4.78, 5) is 13.0. The second-order valence-electron chi connectivity index (χ2n) is 4.03. The van der Waals surface area contributed by atoms with Gasteiger partial charge in [-0.2, -0.15) is 0 Å². The number of carbonyl (C=O) groups is 1. The topological polar surface area (TPSA) is 46.3 Å². The third-order valence-corrected chi connectivity index (χ3v) is 3.43. The number of nitrogens with zero attached hydrogens (tertiary/aromatic N) is 1. The molecular weight excluding hydrogens is 294 g/mol. The highest BCUT2D eigenvalue weighted by atomic mass is 79.9. The molecule has 1 aliphatic rings. The number of nitrogens with two attached hydrogens (primary N) is 1. The highest BCUT2D eigenvalue weighted by Crippen LogP contribution is 2.30. The number of halogens is 3. The maximum Gasteiger partial charge on any atom is 0.227 e. The average Bonchev–Trinajstić information content (AvgIpc) is 2.65. The number of anilines is 1. The molecular formula is C11H11BrF2N2O. The summed E-state index contributed by atoms with van der Waals surface area (Å²) in [5.74, 6) is -1.58. The van der Waals surface area contributed by atoms with E-state index in [0.29, 0.717) is 19.5 Å². The van der Waals surface area contributed by atoms with Crippen molar-refractivity contribution in [3.8, 4) is 0 Å². The normalized spacial score (nSPS) is 20.1. The van der Waals surface area contributed by atoms with Gasteiger partial charge >= 0.3 is 0 Å². The fourth-order valence-corrected chi connectivity index (χ4v) is 2.22. The van der Waals surface area contributed by atoms with E-state index in [-0.39, 0.29) is 22.0 Å². The fraction of sp³-hybridized carbons (Fsp3) is 0.364. The van der Waals surface area contributed by atoms with E-state index in [1.165, 1.54) is 11.0 Å². The van der Waals surface area contributed by atoms with E-state index in [1.54, 1.807) is 0 Å². The Bertz CT molecular complexity index is 467. The van der Waals surface area contributed by atoms with Crippen LogP contribution >= 0.6 is 15.9 Å². The van der Waals surface area contributed by atoms with E-state index in [9.17, 15) is 13.6 Å². The van der Waals surface area contributed by atoms with Crippen molar-refractivity contribution in [2.24, 2.45) is 11.7 Å². The van der Waals surface area contributed by atoms with Crippen LogP contribution in [0.1, 0.15) is 6.42 Å². The number of hydrogen-bond donors (Lipinski definition) is 1. The Morgan fingerprint density at radius 1 is 1.41 bits per heavy atom. The Labute approximate surface area is 106 Å². The number of amides is 1. The summed E-state index contributed by atoms with van der Waals surface area (Å²) in [6.07, 6.45) is 0.310. The molecule has 17 heavy (non-hydrogen) atoms. The van der Waals surface area contributed by atoms with Gasteiger partial charge in [0.15, 0.2) is 0 Å². The monoisotopic (exact) mass is 304 g/mol. The molecule has 1 heterocycles. The van der Waals surface area contributed by atoms with Crippen LogP contribution < -0.4 is 10.6 Å². The molecule has 2 rings (SSSR count). The van der Waals surface area contributed by atoms with Gasteiger partial charge in [-0.1, -0.05) is 0 Å². The first-order valence-corrected chi connectivity index (χ1v) is 5.97. The zero-order chi connectivity index (χ0) is 12.6. The van der Waals surface area contributed by atoms with Gasteiger partial charge in [0.25, 0.3) is 0 Å². The molecule has 2 N–H and O–H groups in total. The summed E-state index contributed by atoms with van der Waals surface area (Å²) >= 11 is 2.98. The van der Waals surface area contributed by atoms with Crippen molar-refractivity contribution in [1.29, 1.82) is 0 Å². The molecule has 1 unspecified atom stereocenters. The van der Waals surface area contributed by atoms with Gasteiger partial charge in [-0.15, -0.1) is 0 Å². The molecule has 92 valence electrons. The van der Waals surface area contributed by atoms with E-state index in [4.69, 9.17) is 5.73 Å². The summed E-state index contributed by atoms with van der Waals surface area (Å²) in [5.41, 5.74) is 5.58. The summed E-state index contributed by atoms with van der Waals surface area (Å²) in [5, 5.41) is 0. The summed E-state index contributed by atoms with van der Waals surface area (Å²) in [6, 6.07) is 2.05. The molecule has 6 heteroatoms. The molecule has 1 aromatic carbocycles. The third-order valence-electron chi connectivity index (χ3n) is 2.82. The second kappa shape index (κ2) is 4.70. The van der Waals surface area contributed by atoms with Crippen LogP contribution in [0.25, 0.3) is 0 Å². The Morgan fingerprint density at radius 2 is 2.12 bits per heavy atom. The number of benzene rings is 1. The highest BCUT2D eigenvalue weighted by molar-refractivity contribution is 9.10. The van der Waals surface area contributed by atoms with E-state index in [0.717, 1.165) is 6.07 Å². The van der Waals surface area contributed by atoms with Gasteiger partial charge in [-0.05, 0) is 34.5 Å². The van der Waals surface area contributed by atoms with E-state index in [2.05, 4.69) is 15.9 Å². The largest absolute Gasteiger partial charge is 0.330 e. The van der Waals surface area contributed by atoms with Gasteiger partial charge in [-0.25, -0.2) is 8.78 Å². The van der Waals surface area contributed by atoms with Crippen LogP contribution in [0.4, 0.5) is 14.5 Å². The van der Waals surface area contributed by atoms with Crippen molar-refractivity contribution in [3.63, 3.8) is 0 Å². The van der Waals surface area contributed by atoms with Crippen LogP contribution in [0.3, 0.4) is 0 Å². The SMILES string of the molecule is NCC1CC(=O)N(c2cc(Br)c(F)cc2F)C1. The average molecular weight is 305 g/mol. The summed E-state index contributed by atoms with van der Waals surface area (Å²) in [6.45, 7) is 0.760. The molecule has 1 amide bonds. The maximum atomic E-state index is 13.6. The minimum Gasteiger partial charge on any atom is -0.330 e. The van der Waals surface area contributed by atoms with Crippen LogP contribution in [0, 0.1) is 17.6 Å². The first-order chi connectivity index (χ1) is 8.02. The zero-order valence-corrected chi connectivity index (χ0v) is 10.5. The van der Waals surface area contributed by atoms with Crippen molar-refractivity contribution in [3.05, 3.63) is 28.2 Å². The first kappa shape index (κ1) is 12.4. The lowest BCUT2D eigenvalue weighted by atomic mass is 10.1. The van der Waals surface area contributed by atoms with Crippen LogP contribution in [-0.4, -0.2) is 19.0 Å². The molecule has 0 spiro atoms. The Kier molecular flexibility index (Phi) is 3.44. The van der Waals surface area contributed by atoms with Gasteiger partial charge in [0.2, 0.25) is 5.91 Å². The molecule has 0 aromatic heterocycles. The third kappa shape index (κ3) is 2.32. The van der Waals surface area contributed by atoms with Crippen molar-refractivity contribution in [2.75, 3.05) is 18.0 Å². The Hall–Kier alpha value is -1.01. The predicted octanol–water partition coefficient (Wildman–Crippen LogP) is 2.04. The summed E-state index contributed by atoms with van der Waals surface area (Å²) in [7, 11) is 0. The highest BCUT2D eigenvalue weighted by Gasteiger charge is 2.31. The lowest BCUT2D eigenvalue weighted by Crippen LogP contribution is -2.26. The zero-order valence-electron chi connectivity index (χ0n) is 8.92. The van der Waals surface area contributed by atoms with Gasteiger partial charge in [-0.3, -0.25) is 4.79 Å². The van der Waals surface area contributed by atoms with Gasteiger partial charge < -0.3 is 10.6 Å². The van der Waals surface area contributed by atoms with E-state index in [1.807, 2.05) is 0 Å². The van der Waals surface area contributed by atoms with Crippen molar-refractivity contribution >= 4 is 27.5 Å². The Morgan fingerprint density at radius 3 is 2.71 bits per heavy atom. The smallest absolute Gasteiger partial charge is 0.227 e. The minimum atomic E-state index is -0.739. The first-order valence-electron chi connectivity index (χ1n) is 5.18. The molecule has 0 saturated carbocycles. The van der Waals surface area contributed by atoms with Crippen LogP contribution in [-0.2, 0) is 4.79 Å². The van der Waals surface area contributed by atoms with Crippen molar-refractivity contribution in [1.82, 2.24) is 0 Å². The van der Waals surface area contributed by atoms with Crippen LogP contribution in [0.5, 0.6) is 0 Å². The van der Waals surface area contributed by atoms with Gasteiger partial charge in [0, 0.05) is 19.0 Å². The maximum absolute atomic E-state index is 13.6. The van der Waals surface area contributed by atoms with E-state index >= 15 is 0 Å². The minimum absolute atomic E-state index is 0.0331. The molecule has 0 radical (unpaired) electrons.